The average molecular weight is 334 g/mol. The van der Waals surface area contributed by atoms with E-state index < -0.39 is 0 Å². The maximum atomic E-state index is 12.5. The molecule has 0 bridgehead atoms. The Bertz CT molecular complexity index is 771. The van der Waals surface area contributed by atoms with Crippen molar-refractivity contribution in [3.05, 3.63) is 33.8 Å². The van der Waals surface area contributed by atoms with E-state index in [0.717, 1.165) is 18.7 Å². The molecule has 1 saturated heterocycles. The van der Waals surface area contributed by atoms with Crippen molar-refractivity contribution in [2.75, 3.05) is 12.3 Å². The van der Waals surface area contributed by atoms with Gasteiger partial charge < -0.3 is 9.88 Å². The van der Waals surface area contributed by atoms with Crippen LogP contribution >= 0.6 is 11.8 Å². The van der Waals surface area contributed by atoms with Gasteiger partial charge in [0.1, 0.15) is 5.82 Å². The first kappa shape index (κ1) is 15.7. The Morgan fingerprint density at radius 1 is 1.43 bits per heavy atom. The molecule has 2 aromatic rings. The number of carbonyl (C=O) groups excluding carboxylic acids is 1. The van der Waals surface area contributed by atoms with E-state index in [1.165, 1.54) is 17.8 Å². The van der Waals surface area contributed by atoms with E-state index in [0.29, 0.717) is 23.2 Å². The minimum absolute atomic E-state index is 0.00380. The number of rotatable bonds is 4. The van der Waals surface area contributed by atoms with E-state index in [-0.39, 0.29) is 23.3 Å². The van der Waals surface area contributed by atoms with Crippen molar-refractivity contribution in [2.24, 2.45) is 0 Å². The smallest absolute Gasteiger partial charge is 0.251 e. The Labute approximate surface area is 137 Å². The molecule has 0 saturated carbocycles. The van der Waals surface area contributed by atoms with E-state index in [1.54, 1.807) is 6.92 Å². The van der Waals surface area contributed by atoms with Crippen molar-refractivity contribution in [3.8, 4) is 0 Å². The molecule has 122 valence electrons. The van der Waals surface area contributed by atoms with Crippen LogP contribution in [0.4, 0.5) is 0 Å². The highest BCUT2D eigenvalue weighted by Gasteiger charge is 2.32. The first-order valence-corrected chi connectivity index (χ1v) is 8.40. The summed E-state index contributed by atoms with van der Waals surface area (Å²) in [6.07, 6.45) is 1.81. The van der Waals surface area contributed by atoms with Crippen LogP contribution in [0.2, 0.25) is 0 Å². The van der Waals surface area contributed by atoms with Crippen molar-refractivity contribution < 1.29 is 4.79 Å². The highest BCUT2D eigenvalue weighted by Crippen LogP contribution is 2.30. The first-order valence-electron chi connectivity index (χ1n) is 7.42. The summed E-state index contributed by atoms with van der Waals surface area (Å²) in [5, 5.41) is 7.46. The SMILES string of the molecule is Cc1cc(=O)[nH]c(SCC(=O)N2CCC[C@@H]2c2n[nH]c(C)n2)n1. The number of carbonyl (C=O) groups is 1. The van der Waals surface area contributed by atoms with Crippen molar-refractivity contribution in [1.82, 2.24) is 30.0 Å². The molecule has 23 heavy (non-hydrogen) atoms. The van der Waals surface area contributed by atoms with E-state index in [4.69, 9.17) is 0 Å². The van der Waals surface area contributed by atoms with Crippen LogP contribution < -0.4 is 5.56 Å². The second-order valence-electron chi connectivity index (χ2n) is 5.50. The lowest BCUT2D eigenvalue weighted by Crippen LogP contribution is -2.32. The molecule has 1 aliphatic rings. The zero-order chi connectivity index (χ0) is 16.4. The quantitative estimate of drug-likeness (QED) is 0.637. The largest absolute Gasteiger partial charge is 0.332 e. The third kappa shape index (κ3) is 3.61. The van der Waals surface area contributed by atoms with Crippen molar-refractivity contribution in [2.45, 2.75) is 37.9 Å². The average Bonchev–Trinajstić information content (AvgIpc) is 3.12. The number of aromatic nitrogens is 5. The van der Waals surface area contributed by atoms with Gasteiger partial charge in [0.25, 0.3) is 5.56 Å². The van der Waals surface area contributed by atoms with Gasteiger partial charge in [-0.1, -0.05) is 11.8 Å². The highest BCUT2D eigenvalue weighted by atomic mass is 32.2. The number of H-pyrrole nitrogens is 2. The zero-order valence-corrected chi connectivity index (χ0v) is 13.8. The summed E-state index contributed by atoms with van der Waals surface area (Å²) < 4.78 is 0. The summed E-state index contributed by atoms with van der Waals surface area (Å²) in [6.45, 7) is 4.30. The molecular formula is C14H18N6O2S. The van der Waals surface area contributed by atoms with Gasteiger partial charge in [-0.05, 0) is 26.7 Å². The lowest BCUT2D eigenvalue weighted by Gasteiger charge is -2.22. The molecule has 2 aromatic heterocycles. The molecule has 8 nitrogen and oxygen atoms in total. The van der Waals surface area contributed by atoms with Crippen LogP contribution in [0.3, 0.4) is 0 Å². The number of nitrogens with one attached hydrogen (secondary N) is 2. The maximum absolute atomic E-state index is 12.5. The number of hydrogen-bond acceptors (Lipinski definition) is 6. The Kier molecular flexibility index (Phi) is 4.46. The number of likely N-dealkylation sites (tertiary alicyclic amines) is 1. The molecule has 0 aliphatic carbocycles. The van der Waals surface area contributed by atoms with E-state index in [9.17, 15) is 9.59 Å². The molecule has 0 aromatic carbocycles. The molecule has 0 unspecified atom stereocenters. The molecule has 1 aliphatic heterocycles. The Morgan fingerprint density at radius 3 is 2.96 bits per heavy atom. The molecule has 1 atom stereocenters. The number of aromatic amines is 2. The molecule has 2 N–H and O–H groups in total. The fourth-order valence-corrected chi connectivity index (χ4v) is 3.48. The maximum Gasteiger partial charge on any atom is 0.251 e. The fraction of sp³-hybridized carbons (Fsp3) is 0.500. The summed E-state index contributed by atoms with van der Waals surface area (Å²) in [6, 6.07) is 1.35. The predicted octanol–water partition coefficient (Wildman–Crippen LogP) is 0.961. The second-order valence-corrected chi connectivity index (χ2v) is 6.47. The number of thioether (sulfide) groups is 1. The molecule has 0 radical (unpaired) electrons. The van der Waals surface area contributed by atoms with Crippen LogP contribution in [-0.4, -0.2) is 48.3 Å². The van der Waals surface area contributed by atoms with Gasteiger partial charge >= 0.3 is 0 Å². The molecule has 3 rings (SSSR count). The standard InChI is InChI=1S/C14H18N6O2S/c1-8-6-11(21)17-14(15-8)23-7-12(22)20-5-3-4-10(20)13-16-9(2)18-19-13/h6,10H,3-5,7H2,1-2H3,(H,15,17,21)(H,16,18,19)/t10-/m1/s1. The molecule has 0 spiro atoms. The third-order valence-electron chi connectivity index (χ3n) is 3.67. The minimum Gasteiger partial charge on any atom is -0.332 e. The fourth-order valence-electron chi connectivity index (χ4n) is 2.68. The van der Waals surface area contributed by atoms with Gasteiger partial charge in [-0.3, -0.25) is 14.7 Å². The summed E-state index contributed by atoms with van der Waals surface area (Å²) >= 11 is 1.24. The Hall–Kier alpha value is -2.16. The molecule has 1 amide bonds. The van der Waals surface area contributed by atoms with Crippen molar-refractivity contribution in [3.63, 3.8) is 0 Å². The predicted molar refractivity (Wildman–Crippen MR) is 85.1 cm³/mol. The first-order chi connectivity index (χ1) is 11.0. The normalized spacial score (nSPS) is 17.7. The van der Waals surface area contributed by atoms with Gasteiger partial charge in [-0.15, -0.1) is 0 Å². The van der Waals surface area contributed by atoms with E-state index >= 15 is 0 Å². The van der Waals surface area contributed by atoms with Crippen molar-refractivity contribution in [1.29, 1.82) is 0 Å². The van der Waals surface area contributed by atoms with Crippen LogP contribution in [0.1, 0.15) is 36.2 Å². The van der Waals surface area contributed by atoms with Crippen LogP contribution in [0, 0.1) is 13.8 Å². The van der Waals surface area contributed by atoms with Crippen LogP contribution in [-0.2, 0) is 4.79 Å². The lowest BCUT2D eigenvalue weighted by molar-refractivity contribution is -0.129. The highest BCUT2D eigenvalue weighted by molar-refractivity contribution is 7.99. The Morgan fingerprint density at radius 2 is 2.26 bits per heavy atom. The number of nitrogens with zero attached hydrogens (tertiary/aromatic N) is 4. The monoisotopic (exact) mass is 334 g/mol. The van der Waals surface area contributed by atoms with Crippen LogP contribution in [0.25, 0.3) is 0 Å². The molecular weight excluding hydrogens is 316 g/mol. The number of aryl methyl sites for hydroxylation is 2. The van der Waals surface area contributed by atoms with Gasteiger partial charge in [-0.25, -0.2) is 9.97 Å². The summed E-state index contributed by atoms with van der Waals surface area (Å²) in [4.78, 5) is 36.9. The van der Waals surface area contributed by atoms with Gasteiger partial charge in [0, 0.05) is 18.3 Å². The van der Waals surface area contributed by atoms with Gasteiger partial charge in [0.15, 0.2) is 11.0 Å². The lowest BCUT2D eigenvalue weighted by atomic mass is 10.2. The third-order valence-corrected chi connectivity index (χ3v) is 4.52. The Balaban J connectivity index is 1.66. The van der Waals surface area contributed by atoms with E-state index in [1.807, 2.05) is 11.8 Å². The van der Waals surface area contributed by atoms with Crippen molar-refractivity contribution >= 4 is 17.7 Å². The summed E-state index contributed by atoms with van der Waals surface area (Å²) in [5.74, 6) is 1.64. The summed E-state index contributed by atoms with van der Waals surface area (Å²) in [5.41, 5.74) is 0.432. The number of amides is 1. The van der Waals surface area contributed by atoms with Gasteiger partial charge in [0.2, 0.25) is 5.91 Å². The molecule has 1 fully saturated rings. The second kappa shape index (κ2) is 6.53. The van der Waals surface area contributed by atoms with Crippen LogP contribution in [0.15, 0.2) is 16.0 Å². The van der Waals surface area contributed by atoms with Gasteiger partial charge in [-0.2, -0.15) is 5.10 Å². The van der Waals surface area contributed by atoms with Gasteiger partial charge in [0.05, 0.1) is 11.8 Å². The topological polar surface area (TPSA) is 108 Å². The zero-order valence-electron chi connectivity index (χ0n) is 13.0. The minimum atomic E-state index is -0.206. The molecule has 9 heteroatoms. The van der Waals surface area contributed by atoms with Crippen LogP contribution in [0.5, 0.6) is 0 Å². The molecule has 3 heterocycles. The van der Waals surface area contributed by atoms with E-state index in [2.05, 4.69) is 25.1 Å². The summed E-state index contributed by atoms with van der Waals surface area (Å²) in [7, 11) is 0. The number of hydrogen-bond donors (Lipinski definition) is 2.